The van der Waals surface area contributed by atoms with Crippen LogP contribution >= 0.6 is 0 Å². The standard InChI is InChI=1S/C27H32N4O2/c1-20-18-29-25(22-4-3-14-28-19-22)31(20)17-11-21-9-15-30(16-10-21)26(32)27(12-13-27)23-5-7-24(33-2)8-6-23/h3-8,14,18-19,21H,9-13,15-17H2,1-2H3. The lowest BCUT2D eigenvalue weighted by atomic mass is 9.90. The first kappa shape index (κ1) is 21.7. The molecule has 3 heterocycles. The summed E-state index contributed by atoms with van der Waals surface area (Å²) in [4.78, 5) is 24.4. The maximum absolute atomic E-state index is 13.4. The van der Waals surface area contributed by atoms with E-state index in [4.69, 9.17) is 4.74 Å². The van der Waals surface area contributed by atoms with Gasteiger partial charge >= 0.3 is 0 Å². The van der Waals surface area contributed by atoms with Crippen LogP contribution in [0.5, 0.6) is 5.75 Å². The predicted molar refractivity (Wildman–Crippen MR) is 128 cm³/mol. The van der Waals surface area contributed by atoms with Crippen LogP contribution < -0.4 is 4.74 Å². The van der Waals surface area contributed by atoms with Gasteiger partial charge in [0, 0.05) is 49.5 Å². The van der Waals surface area contributed by atoms with E-state index < -0.39 is 0 Å². The third-order valence-electron chi connectivity index (χ3n) is 7.44. The first-order chi connectivity index (χ1) is 16.1. The number of amides is 1. The molecule has 172 valence electrons. The minimum atomic E-state index is -0.300. The molecule has 0 atom stereocenters. The highest BCUT2D eigenvalue weighted by molar-refractivity contribution is 5.91. The number of ether oxygens (including phenoxy) is 1. The Kier molecular flexibility index (Phi) is 5.92. The van der Waals surface area contributed by atoms with Crippen LogP contribution in [0, 0.1) is 12.8 Å². The Bertz CT molecular complexity index is 1090. The highest BCUT2D eigenvalue weighted by Crippen LogP contribution is 2.50. The summed E-state index contributed by atoms with van der Waals surface area (Å²) in [5.74, 6) is 2.77. The zero-order valence-corrected chi connectivity index (χ0v) is 19.5. The average Bonchev–Trinajstić information content (AvgIpc) is 3.60. The van der Waals surface area contributed by atoms with E-state index in [0.717, 1.165) is 74.4 Å². The van der Waals surface area contributed by atoms with Crippen molar-refractivity contribution < 1.29 is 9.53 Å². The van der Waals surface area contributed by atoms with E-state index in [1.54, 1.807) is 13.3 Å². The van der Waals surface area contributed by atoms with Gasteiger partial charge in [-0.3, -0.25) is 9.78 Å². The number of methoxy groups -OCH3 is 1. The van der Waals surface area contributed by atoms with Gasteiger partial charge in [0.25, 0.3) is 0 Å². The van der Waals surface area contributed by atoms with E-state index in [-0.39, 0.29) is 5.41 Å². The number of aromatic nitrogens is 3. The molecular formula is C27H32N4O2. The molecule has 1 saturated carbocycles. The van der Waals surface area contributed by atoms with Crippen LogP contribution in [-0.4, -0.2) is 45.5 Å². The second-order valence-corrected chi connectivity index (χ2v) is 9.45. The van der Waals surface area contributed by atoms with Gasteiger partial charge in [0.15, 0.2) is 0 Å². The Labute approximate surface area is 195 Å². The molecule has 2 fully saturated rings. The fraction of sp³-hybridized carbons (Fsp3) is 0.444. The summed E-state index contributed by atoms with van der Waals surface area (Å²) in [5.41, 5.74) is 3.07. The zero-order valence-electron chi connectivity index (χ0n) is 19.5. The number of carbonyl (C=O) groups is 1. The number of hydrogen-bond donors (Lipinski definition) is 0. The average molecular weight is 445 g/mol. The molecule has 1 amide bonds. The number of rotatable bonds is 7. The van der Waals surface area contributed by atoms with Crippen LogP contribution in [0.2, 0.25) is 0 Å². The van der Waals surface area contributed by atoms with Crippen molar-refractivity contribution in [1.29, 1.82) is 0 Å². The molecule has 2 aliphatic rings. The summed E-state index contributed by atoms with van der Waals surface area (Å²) in [6.45, 7) is 4.78. The van der Waals surface area contributed by atoms with Gasteiger partial charge in [0.1, 0.15) is 11.6 Å². The van der Waals surface area contributed by atoms with Crippen molar-refractivity contribution in [3.63, 3.8) is 0 Å². The van der Waals surface area contributed by atoms with Crippen molar-refractivity contribution in [1.82, 2.24) is 19.4 Å². The number of benzene rings is 1. The smallest absolute Gasteiger partial charge is 0.233 e. The molecular weight excluding hydrogens is 412 g/mol. The normalized spacial score (nSPS) is 17.7. The van der Waals surface area contributed by atoms with Crippen LogP contribution in [0.25, 0.3) is 11.4 Å². The summed E-state index contributed by atoms with van der Waals surface area (Å²) in [6, 6.07) is 12.1. The number of nitrogens with zero attached hydrogens (tertiary/aromatic N) is 4. The largest absolute Gasteiger partial charge is 0.497 e. The molecule has 0 bridgehead atoms. The fourth-order valence-corrected chi connectivity index (χ4v) is 5.17. The lowest BCUT2D eigenvalue weighted by Crippen LogP contribution is -2.44. The Morgan fingerprint density at radius 1 is 1.12 bits per heavy atom. The number of piperidine rings is 1. The molecule has 6 heteroatoms. The van der Waals surface area contributed by atoms with Crippen molar-refractivity contribution in [3.05, 3.63) is 66.2 Å². The van der Waals surface area contributed by atoms with Crippen LogP contribution in [-0.2, 0) is 16.8 Å². The highest BCUT2D eigenvalue weighted by atomic mass is 16.5. The molecule has 5 rings (SSSR count). The predicted octanol–water partition coefficient (Wildman–Crippen LogP) is 4.62. The van der Waals surface area contributed by atoms with Crippen LogP contribution in [0.15, 0.2) is 55.0 Å². The summed E-state index contributed by atoms with van der Waals surface area (Å²) in [7, 11) is 1.67. The quantitative estimate of drug-likeness (QED) is 0.533. The van der Waals surface area contributed by atoms with Gasteiger partial charge in [0.05, 0.1) is 12.5 Å². The fourth-order valence-electron chi connectivity index (χ4n) is 5.17. The minimum Gasteiger partial charge on any atom is -0.497 e. The monoisotopic (exact) mass is 444 g/mol. The molecule has 3 aromatic rings. The van der Waals surface area contributed by atoms with E-state index >= 15 is 0 Å². The molecule has 0 radical (unpaired) electrons. The molecule has 0 N–H and O–H groups in total. The number of aryl methyl sites for hydroxylation is 1. The molecule has 1 aliphatic carbocycles. The van der Waals surface area contributed by atoms with Crippen LogP contribution in [0.1, 0.15) is 43.4 Å². The van der Waals surface area contributed by atoms with Gasteiger partial charge < -0.3 is 14.2 Å². The van der Waals surface area contributed by atoms with Gasteiger partial charge in [-0.25, -0.2) is 4.98 Å². The van der Waals surface area contributed by atoms with E-state index in [2.05, 4.69) is 44.6 Å². The minimum absolute atomic E-state index is 0.300. The van der Waals surface area contributed by atoms with Crippen molar-refractivity contribution in [3.8, 4) is 17.1 Å². The van der Waals surface area contributed by atoms with Crippen molar-refractivity contribution in [2.24, 2.45) is 5.92 Å². The molecule has 2 aromatic heterocycles. The number of likely N-dealkylation sites (tertiary alicyclic amines) is 1. The van der Waals surface area contributed by atoms with Gasteiger partial charge in [-0.2, -0.15) is 0 Å². The number of imidazole rings is 1. The Balaban J connectivity index is 1.18. The van der Waals surface area contributed by atoms with E-state index in [9.17, 15) is 4.79 Å². The van der Waals surface area contributed by atoms with Crippen molar-refractivity contribution >= 4 is 5.91 Å². The second-order valence-electron chi connectivity index (χ2n) is 9.45. The first-order valence-corrected chi connectivity index (χ1v) is 12.0. The van der Waals surface area contributed by atoms with Crippen molar-refractivity contribution in [2.75, 3.05) is 20.2 Å². The number of carbonyl (C=O) groups excluding carboxylic acids is 1. The number of pyridine rings is 1. The summed E-state index contributed by atoms with van der Waals surface area (Å²) in [5, 5.41) is 0. The van der Waals surface area contributed by atoms with Gasteiger partial charge in [-0.15, -0.1) is 0 Å². The maximum atomic E-state index is 13.4. The van der Waals surface area contributed by atoms with Gasteiger partial charge in [-0.05, 0) is 74.8 Å². The Morgan fingerprint density at radius 3 is 2.52 bits per heavy atom. The number of hydrogen-bond acceptors (Lipinski definition) is 4. The lowest BCUT2D eigenvalue weighted by Gasteiger charge is -2.35. The summed E-state index contributed by atoms with van der Waals surface area (Å²) in [6.07, 6.45) is 10.8. The van der Waals surface area contributed by atoms with Gasteiger partial charge in [0.2, 0.25) is 5.91 Å². The van der Waals surface area contributed by atoms with E-state index in [0.29, 0.717) is 11.8 Å². The first-order valence-electron chi connectivity index (χ1n) is 12.0. The Hall–Kier alpha value is -3.15. The molecule has 1 aromatic carbocycles. The molecule has 0 spiro atoms. The third kappa shape index (κ3) is 4.26. The molecule has 6 nitrogen and oxygen atoms in total. The topological polar surface area (TPSA) is 60.2 Å². The van der Waals surface area contributed by atoms with Crippen LogP contribution in [0.4, 0.5) is 0 Å². The van der Waals surface area contributed by atoms with Crippen LogP contribution in [0.3, 0.4) is 0 Å². The maximum Gasteiger partial charge on any atom is 0.233 e. The molecule has 0 unspecified atom stereocenters. The lowest BCUT2D eigenvalue weighted by molar-refractivity contribution is -0.135. The van der Waals surface area contributed by atoms with Gasteiger partial charge in [-0.1, -0.05) is 12.1 Å². The molecule has 1 saturated heterocycles. The Morgan fingerprint density at radius 2 is 1.88 bits per heavy atom. The van der Waals surface area contributed by atoms with E-state index in [1.165, 1.54) is 5.69 Å². The molecule has 1 aliphatic heterocycles. The summed E-state index contributed by atoms with van der Waals surface area (Å²) >= 11 is 0. The second kappa shape index (κ2) is 9.00. The SMILES string of the molecule is COc1ccc(C2(C(=O)N3CCC(CCn4c(C)cnc4-c4cccnc4)CC3)CC2)cc1. The summed E-state index contributed by atoms with van der Waals surface area (Å²) < 4.78 is 7.58. The zero-order chi connectivity index (χ0) is 22.8. The highest BCUT2D eigenvalue weighted by Gasteiger charge is 2.53. The van der Waals surface area contributed by atoms with E-state index in [1.807, 2.05) is 30.6 Å². The third-order valence-corrected chi connectivity index (χ3v) is 7.44. The van der Waals surface area contributed by atoms with Crippen molar-refractivity contribution in [2.45, 2.75) is 51.0 Å². The molecule has 33 heavy (non-hydrogen) atoms.